The van der Waals surface area contributed by atoms with E-state index in [4.69, 9.17) is 9.47 Å². The number of hydrogen-bond acceptors (Lipinski definition) is 5. The van der Waals surface area contributed by atoms with Gasteiger partial charge in [0, 0.05) is 5.56 Å². The number of nitrogens with zero attached hydrogens (tertiary/aromatic N) is 2. The fourth-order valence-electron chi connectivity index (χ4n) is 3.62. The van der Waals surface area contributed by atoms with Crippen LogP contribution in [0.4, 0.5) is 13.2 Å². The molecule has 0 saturated carbocycles. The molecule has 5 nitrogen and oxygen atoms in total. The summed E-state index contributed by atoms with van der Waals surface area (Å²) in [5.41, 5.74) is 0.0868. The van der Waals surface area contributed by atoms with Crippen molar-refractivity contribution >= 4 is 11.7 Å². The Morgan fingerprint density at radius 3 is 2.14 bits per heavy atom. The second-order valence-corrected chi connectivity index (χ2v) is 8.77. The second-order valence-electron chi connectivity index (χ2n) is 8.77. The summed E-state index contributed by atoms with van der Waals surface area (Å²) >= 11 is 0. The van der Waals surface area contributed by atoms with E-state index in [9.17, 15) is 23.2 Å². The number of carbonyl (C=O) groups is 1. The molecular formula is C29H27F3N2O3. The highest BCUT2D eigenvalue weighted by atomic mass is 19.4. The lowest BCUT2D eigenvalue weighted by atomic mass is 9.98. The van der Waals surface area contributed by atoms with Gasteiger partial charge in [-0.05, 0) is 62.6 Å². The lowest BCUT2D eigenvalue weighted by Gasteiger charge is -2.24. The average Bonchev–Trinajstić information content (AvgIpc) is 2.87. The molecule has 1 atom stereocenters. The number of aliphatic imine (C=N–C) groups is 1. The molecule has 8 heteroatoms. The molecule has 0 aliphatic carbocycles. The summed E-state index contributed by atoms with van der Waals surface area (Å²) in [5, 5.41) is 9.77. The van der Waals surface area contributed by atoms with E-state index < -0.39 is 29.4 Å². The van der Waals surface area contributed by atoms with Crippen molar-refractivity contribution in [2.45, 2.75) is 45.0 Å². The Balaban J connectivity index is 1.93. The van der Waals surface area contributed by atoms with Crippen LogP contribution in [0, 0.1) is 11.3 Å². The quantitative estimate of drug-likeness (QED) is 0.238. The lowest BCUT2D eigenvalue weighted by molar-refractivity contribution is -0.158. The minimum Gasteiger partial charge on any atom is -0.476 e. The molecular weight excluding hydrogens is 481 g/mol. The first-order chi connectivity index (χ1) is 17.5. The number of halogens is 3. The highest BCUT2D eigenvalue weighted by molar-refractivity contribution is 6.11. The summed E-state index contributed by atoms with van der Waals surface area (Å²) in [6.45, 7) is 5.19. The minimum atomic E-state index is -4.47. The first-order valence-electron chi connectivity index (χ1n) is 11.7. The largest absolute Gasteiger partial charge is 0.476 e. The van der Waals surface area contributed by atoms with Gasteiger partial charge >= 0.3 is 12.1 Å². The molecule has 0 N–H and O–H groups in total. The Morgan fingerprint density at radius 1 is 0.973 bits per heavy atom. The van der Waals surface area contributed by atoms with Gasteiger partial charge in [0.15, 0.2) is 5.60 Å². The molecule has 0 saturated heterocycles. The molecule has 0 fully saturated rings. The minimum absolute atomic E-state index is 0.0263. The van der Waals surface area contributed by atoms with Gasteiger partial charge in [-0.1, -0.05) is 54.6 Å². The number of benzene rings is 3. The van der Waals surface area contributed by atoms with Crippen LogP contribution >= 0.6 is 0 Å². The zero-order chi connectivity index (χ0) is 27.1. The first kappa shape index (κ1) is 27.5. The Morgan fingerprint density at radius 2 is 1.59 bits per heavy atom. The van der Waals surface area contributed by atoms with Crippen LogP contribution in [0.5, 0.6) is 5.75 Å². The smallest absolute Gasteiger partial charge is 0.416 e. The summed E-state index contributed by atoms with van der Waals surface area (Å²) in [6, 6.07) is 22.4. The highest BCUT2D eigenvalue weighted by Gasteiger charge is 2.32. The molecule has 0 amide bonds. The summed E-state index contributed by atoms with van der Waals surface area (Å²) in [6.07, 6.45) is -4.01. The Bertz CT molecular complexity index is 1260. The molecule has 0 radical (unpaired) electrons. The number of ether oxygens (including phenoxy) is 2. The van der Waals surface area contributed by atoms with E-state index >= 15 is 0 Å². The molecule has 3 rings (SSSR count). The number of hydrogen-bond donors (Lipinski definition) is 0. The third-order valence-electron chi connectivity index (χ3n) is 5.55. The Kier molecular flexibility index (Phi) is 8.72. The predicted octanol–water partition coefficient (Wildman–Crippen LogP) is 6.72. The van der Waals surface area contributed by atoms with Crippen molar-refractivity contribution in [3.05, 3.63) is 101 Å². The Hall–Kier alpha value is -4.12. The lowest BCUT2D eigenvalue weighted by Crippen LogP contribution is -2.39. The highest BCUT2D eigenvalue weighted by Crippen LogP contribution is 2.30. The van der Waals surface area contributed by atoms with E-state index in [2.05, 4.69) is 4.99 Å². The fraction of sp³-hybridized carbons (Fsp3) is 0.276. The van der Waals surface area contributed by atoms with Crippen molar-refractivity contribution in [1.29, 1.82) is 5.26 Å². The maximum Gasteiger partial charge on any atom is 0.416 e. The van der Waals surface area contributed by atoms with Crippen molar-refractivity contribution in [2.24, 2.45) is 4.99 Å². The SMILES string of the molecule is CCOC(=O)C(C)(C)Oc1ccc([C@@H](Cc2ccccc2)N=C(C#N)c2ccc(C(F)(F)F)cc2)cc1. The van der Waals surface area contributed by atoms with Gasteiger partial charge < -0.3 is 9.47 Å². The van der Waals surface area contributed by atoms with Gasteiger partial charge in [-0.15, -0.1) is 0 Å². The molecule has 3 aromatic carbocycles. The van der Waals surface area contributed by atoms with Crippen LogP contribution in [-0.2, 0) is 22.1 Å². The standard InChI is InChI=1S/C29H27F3N2O3/c1-4-36-27(35)28(2,3)37-24-16-12-21(13-17-24)25(18-20-8-6-5-7-9-20)34-26(19-33)22-10-14-23(15-11-22)29(30,31)32/h5-17,25H,4,18H2,1-3H3/t25-/m1/s1. The van der Waals surface area contributed by atoms with E-state index in [1.54, 1.807) is 45.0 Å². The third kappa shape index (κ3) is 7.43. The van der Waals surface area contributed by atoms with E-state index in [-0.39, 0.29) is 12.3 Å². The van der Waals surface area contributed by atoms with Crippen molar-refractivity contribution in [1.82, 2.24) is 0 Å². The van der Waals surface area contributed by atoms with E-state index in [0.29, 0.717) is 17.7 Å². The molecule has 0 bridgehead atoms. The molecule has 0 aromatic heterocycles. The molecule has 192 valence electrons. The summed E-state index contributed by atoms with van der Waals surface area (Å²) < 4.78 is 49.8. The summed E-state index contributed by atoms with van der Waals surface area (Å²) in [7, 11) is 0. The fourth-order valence-corrected chi connectivity index (χ4v) is 3.62. The van der Waals surface area contributed by atoms with Gasteiger partial charge in [-0.2, -0.15) is 18.4 Å². The van der Waals surface area contributed by atoms with Gasteiger partial charge in [0.2, 0.25) is 0 Å². The molecule has 3 aromatic rings. The molecule has 0 aliphatic heterocycles. The number of alkyl halides is 3. The number of rotatable bonds is 9. The molecule has 0 heterocycles. The van der Waals surface area contributed by atoms with E-state index in [1.807, 2.05) is 36.4 Å². The normalized spacial score (nSPS) is 12.9. The zero-order valence-electron chi connectivity index (χ0n) is 20.8. The molecule has 0 spiro atoms. The van der Waals surface area contributed by atoms with Crippen molar-refractivity contribution in [2.75, 3.05) is 6.61 Å². The van der Waals surface area contributed by atoms with E-state index in [0.717, 1.165) is 23.3 Å². The van der Waals surface area contributed by atoms with Crippen LogP contribution in [0.3, 0.4) is 0 Å². The molecule has 37 heavy (non-hydrogen) atoms. The topological polar surface area (TPSA) is 71.7 Å². The van der Waals surface area contributed by atoms with E-state index in [1.165, 1.54) is 12.1 Å². The zero-order valence-corrected chi connectivity index (χ0v) is 20.8. The maximum absolute atomic E-state index is 13.0. The van der Waals surface area contributed by atoms with Gasteiger partial charge in [-0.3, -0.25) is 4.99 Å². The number of esters is 1. The number of nitriles is 1. The molecule has 0 unspecified atom stereocenters. The first-order valence-corrected chi connectivity index (χ1v) is 11.7. The monoisotopic (exact) mass is 508 g/mol. The number of carbonyl (C=O) groups excluding carboxylic acids is 1. The van der Waals surface area contributed by atoms with Crippen LogP contribution in [-0.4, -0.2) is 23.9 Å². The van der Waals surface area contributed by atoms with Crippen molar-refractivity contribution in [3.63, 3.8) is 0 Å². The van der Waals surface area contributed by atoms with Crippen LogP contribution in [0.1, 0.15) is 49.1 Å². The van der Waals surface area contributed by atoms with Crippen LogP contribution in [0.2, 0.25) is 0 Å². The van der Waals surface area contributed by atoms with Gasteiger partial charge in [0.25, 0.3) is 0 Å². The second kappa shape index (κ2) is 11.7. The van der Waals surface area contributed by atoms with Crippen LogP contribution < -0.4 is 4.74 Å². The van der Waals surface area contributed by atoms with Crippen LogP contribution in [0.25, 0.3) is 0 Å². The summed E-state index contributed by atoms with van der Waals surface area (Å²) in [5.74, 6) is -0.0340. The Labute approximate surface area is 214 Å². The average molecular weight is 509 g/mol. The molecule has 0 aliphatic rings. The van der Waals surface area contributed by atoms with Crippen molar-refractivity contribution < 1.29 is 27.4 Å². The van der Waals surface area contributed by atoms with Gasteiger partial charge in [0.1, 0.15) is 17.5 Å². The maximum atomic E-state index is 13.0. The van der Waals surface area contributed by atoms with Gasteiger partial charge in [-0.25, -0.2) is 4.79 Å². The third-order valence-corrected chi connectivity index (χ3v) is 5.55. The van der Waals surface area contributed by atoms with Crippen molar-refractivity contribution in [3.8, 4) is 11.8 Å². The predicted molar refractivity (Wildman–Crippen MR) is 134 cm³/mol. The van der Waals surface area contributed by atoms with Crippen LogP contribution in [0.15, 0.2) is 83.9 Å². The van der Waals surface area contributed by atoms with Gasteiger partial charge in [0.05, 0.1) is 18.2 Å². The summed E-state index contributed by atoms with van der Waals surface area (Å²) in [4.78, 5) is 16.8.